The van der Waals surface area contributed by atoms with E-state index in [1.165, 1.54) is 25.7 Å². The monoisotopic (exact) mass is 218 g/mol. The average molecular weight is 218 g/mol. The van der Waals surface area contributed by atoms with Crippen molar-refractivity contribution in [1.82, 2.24) is 0 Å². The molecule has 0 bridgehead atoms. The normalized spacial score (nSPS) is 12.0. The Balaban J connectivity index is 3.74. The Bertz CT molecular complexity index is 133. The van der Waals surface area contributed by atoms with Crippen LogP contribution in [0, 0.1) is 0 Å². The molecule has 0 fully saturated rings. The topological polar surface area (TPSA) is 38.7 Å². The molecule has 0 heterocycles. The smallest absolute Gasteiger partial charge is 0.106 e. The third kappa shape index (κ3) is 6.13. The predicted molar refractivity (Wildman–Crippen MR) is 61.5 cm³/mol. The summed E-state index contributed by atoms with van der Waals surface area (Å²) in [6, 6.07) is 0. The minimum absolute atomic E-state index is 0.291. The van der Waals surface area contributed by atoms with Gasteiger partial charge in [-0.1, -0.05) is 57.9 Å². The molecule has 3 nitrogen and oxygen atoms in total. The molecule has 15 heavy (non-hydrogen) atoms. The van der Waals surface area contributed by atoms with E-state index in [2.05, 4.69) is 25.8 Å². The molecule has 0 radical (unpaired) electrons. The Kier molecular flexibility index (Phi) is 9.06. The van der Waals surface area contributed by atoms with Crippen molar-refractivity contribution in [2.24, 2.45) is 0 Å². The van der Waals surface area contributed by atoms with Crippen molar-refractivity contribution in [3.8, 4) is 0 Å². The number of rotatable bonds is 10. The maximum absolute atomic E-state index is 8.38. The van der Waals surface area contributed by atoms with Gasteiger partial charge in [0.25, 0.3) is 0 Å². The lowest BCUT2D eigenvalue weighted by molar-refractivity contribution is -0.527. The fourth-order valence-electron chi connectivity index (χ4n) is 1.89. The van der Waals surface area contributed by atoms with Crippen molar-refractivity contribution in [3.05, 3.63) is 0 Å². The molecule has 0 saturated carbocycles. The standard InChI is InChI=1S/C12H26O3/c1-4-7-8-9-10-11-12(5-2,6-3)14-15-13/h13H,4-11H2,1-3H3. The fraction of sp³-hybridized carbons (Fsp3) is 1.00. The third-order valence-electron chi connectivity index (χ3n) is 3.24. The van der Waals surface area contributed by atoms with Crippen LogP contribution in [0.4, 0.5) is 0 Å². The van der Waals surface area contributed by atoms with Crippen LogP contribution < -0.4 is 0 Å². The van der Waals surface area contributed by atoms with Crippen LogP contribution in [0.3, 0.4) is 0 Å². The van der Waals surface area contributed by atoms with Gasteiger partial charge in [-0.15, -0.1) is 0 Å². The maximum atomic E-state index is 8.38. The Labute approximate surface area is 93.6 Å². The zero-order chi connectivity index (χ0) is 11.6. The second-order valence-electron chi connectivity index (χ2n) is 4.21. The Morgan fingerprint density at radius 2 is 1.53 bits per heavy atom. The molecule has 0 spiro atoms. The van der Waals surface area contributed by atoms with E-state index in [0.29, 0.717) is 0 Å². The SMILES string of the molecule is CCCCCCCC(CC)(CC)OOO. The fourth-order valence-corrected chi connectivity index (χ4v) is 1.89. The number of hydrogen-bond donors (Lipinski definition) is 1. The lowest BCUT2D eigenvalue weighted by Gasteiger charge is -2.28. The van der Waals surface area contributed by atoms with Gasteiger partial charge in [0.05, 0.1) is 0 Å². The molecule has 0 aliphatic carbocycles. The summed E-state index contributed by atoms with van der Waals surface area (Å²) in [4.78, 5) is 4.99. The quantitative estimate of drug-likeness (QED) is 0.337. The van der Waals surface area contributed by atoms with Crippen molar-refractivity contribution in [2.45, 2.75) is 77.7 Å². The van der Waals surface area contributed by atoms with Gasteiger partial charge in [0, 0.05) is 0 Å². The maximum Gasteiger partial charge on any atom is 0.106 e. The summed E-state index contributed by atoms with van der Waals surface area (Å²) in [5, 5.41) is 12.2. The Morgan fingerprint density at radius 3 is 2.00 bits per heavy atom. The summed E-state index contributed by atoms with van der Waals surface area (Å²) >= 11 is 0. The van der Waals surface area contributed by atoms with Crippen molar-refractivity contribution in [3.63, 3.8) is 0 Å². The second-order valence-corrected chi connectivity index (χ2v) is 4.21. The van der Waals surface area contributed by atoms with Crippen LogP contribution in [-0.2, 0) is 9.93 Å². The van der Waals surface area contributed by atoms with E-state index in [-0.39, 0.29) is 5.60 Å². The highest BCUT2D eigenvalue weighted by Gasteiger charge is 2.28. The molecule has 0 atom stereocenters. The lowest BCUT2D eigenvalue weighted by atomic mass is 9.90. The van der Waals surface area contributed by atoms with Crippen molar-refractivity contribution < 1.29 is 15.2 Å². The minimum Gasteiger partial charge on any atom is -0.221 e. The van der Waals surface area contributed by atoms with E-state index in [0.717, 1.165) is 25.7 Å². The highest BCUT2D eigenvalue weighted by Crippen LogP contribution is 2.27. The highest BCUT2D eigenvalue weighted by molar-refractivity contribution is 4.75. The zero-order valence-electron chi connectivity index (χ0n) is 10.4. The molecule has 0 rings (SSSR count). The Hall–Kier alpha value is -0.120. The number of unbranched alkanes of at least 4 members (excludes halogenated alkanes) is 4. The first-order valence-electron chi connectivity index (χ1n) is 6.24. The third-order valence-corrected chi connectivity index (χ3v) is 3.24. The van der Waals surface area contributed by atoms with Crippen LogP contribution in [0.1, 0.15) is 72.1 Å². The zero-order valence-corrected chi connectivity index (χ0v) is 10.4. The molecule has 0 aromatic carbocycles. The molecule has 0 saturated heterocycles. The van der Waals surface area contributed by atoms with Crippen LogP contribution >= 0.6 is 0 Å². The molecule has 92 valence electrons. The average Bonchev–Trinajstić information content (AvgIpc) is 2.27. The lowest BCUT2D eigenvalue weighted by Crippen LogP contribution is -2.30. The summed E-state index contributed by atoms with van der Waals surface area (Å²) in [6.07, 6.45) is 8.96. The first-order valence-corrected chi connectivity index (χ1v) is 6.24. The largest absolute Gasteiger partial charge is 0.221 e. The van der Waals surface area contributed by atoms with E-state index >= 15 is 0 Å². The van der Waals surface area contributed by atoms with Crippen LogP contribution in [0.15, 0.2) is 0 Å². The van der Waals surface area contributed by atoms with Gasteiger partial charge in [-0.25, -0.2) is 5.26 Å². The second kappa shape index (κ2) is 9.13. The van der Waals surface area contributed by atoms with Gasteiger partial charge in [-0.05, 0) is 19.3 Å². The van der Waals surface area contributed by atoms with Crippen LogP contribution in [0.25, 0.3) is 0 Å². The molecular weight excluding hydrogens is 192 g/mol. The van der Waals surface area contributed by atoms with Crippen molar-refractivity contribution in [1.29, 1.82) is 0 Å². The summed E-state index contributed by atoms with van der Waals surface area (Å²) in [5.74, 6) is 0. The van der Waals surface area contributed by atoms with E-state index < -0.39 is 0 Å². The first-order chi connectivity index (χ1) is 7.24. The molecule has 0 aliphatic rings. The molecule has 0 aromatic rings. The van der Waals surface area contributed by atoms with Crippen LogP contribution in [-0.4, -0.2) is 10.9 Å². The summed E-state index contributed by atoms with van der Waals surface area (Å²) in [7, 11) is 0. The highest BCUT2D eigenvalue weighted by atomic mass is 17.5. The molecule has 0 aliphatic heterocycles. The Morgan fingerprint density at radius 1 is 0.933 bits per heavy atom. The number of hydrogen-bond acceptors (Lipinski definition) is 3. The first kappa shape index (κ1) is 14.9. The van der Waals surface area contributed by atoms with Gasteiger partial charge < -0.3 is 0 Å². The molecular formula is C12H26O3. The molecule has 0 unspecified atom stereocenters. The van der Waals surface area contributed by atoms with Gasteiger partial charge in [0.15, 0.2) is 0 Å². The van der Waals surface area contributed by atoms with Crippen molar-refractivity contribution in [2.75, 3.05) is 0 Å². The van der Waals surface area contributed by atoms with E-state index in [9.17, 15) is 0 Å². The van der Waals surface area contributed by atoms with E-state index in [4.69, 9.17) is 10.1 Å². The summed E-state index contributed by atoms with van der Waals surface area (Å²) < 4.78 is 0. The summed E-state index contributed by atoms with van der Waals surface area (Å²) in [6.45, 7) is 6.34. The van der Waals surface area contributed by atoms with Crippen molar-refractivity contribution >= 4 is 0 Å². The molecule has 3 heteroatoms. The predicted octanol–water partition coefficient (Wildman–Crippen LogP) is 4.33. The van der Waals surface area contributed by atoms with E-state index in [1.807, 2.05) is 0 Å². The van der Waals surface area contributed by atoms with Gasteiger partial charge in [0.1, 0.15) is 5.60 Å². The van der Waals surface area contributed by atoms with Crippen LogP contribution in [0.2, 0.25) is 0 Å². The van der Waals surface area contributed by atoms with Crippen LogP contribution in [0.5, 0.6) is 0 Å². The van der Waals surface area contributed by atoms with Gasteiger partial charge in [0.2, 0.25) is 0 Å². The van der Waals surface area contributed by atoms with Gasteiger partial charge >= 0.3 is 0 Å². The molecule has 1 N–H and O–H groups in total. The van der Waals surface area contributed by atoms with Gasteiger partial charge in [-0.3, -0.25) is 0 Å². The summed E-state index contributed by atoms with van der Waals surface area (Å²) in [5.41, 5.74) is -0.291. The minimum atomic E-state index is -0.291. The van der Waals surface area contributed by atoms with E-state index in [1.54, 1.807) is 0 Å². The molecule has 0 aromatic heterocycles. The van der Waals surface area contributed by atoms with Gasteiger partial charge in [-0.2, -0.15) is 4.89 Å². The molecule has 0 amide bonds.